The van der Waals surface area contributed by atoms with E-state index in [0.29, 0.717) is 0 Å². The molecule has 0 aliphatic rings. The molecule has 0 aliphatic heterocycles. The van der Waals surface area contributed by atoms with Gasteiger partial charge in [0, 0.05) is 10.5 Å². The van der Waals surface area contributed by atoms with Crippen molar-refractivity contribution in [3.05, 3.63) is 29.3 Å². The molecule has 0 amide bonds. The highest BCUT2D eigenvalue weighted by molar-refractivity contribution is 7.98. The summed E-state index contributed by atoms with van der Waals surface area (Å²) in [6.07, 6.45) is 2.89. The molecule has 0 saturated carbocycles. The van der Waals surface area contributed by atoms with Crippen LogP contribution in [0.1, 0.15) is 15.9 Å². The van der Waals surface area contributed by atoms with Crippen molar-refractivity contribution in [1.82, 2.24) is 0 Å². The van der Waals surface area contributed by atoms with E-state index in [1.165, 1.54) is 0 Å². The van der Waals surface area contributed by atoms with Crippen molar-refractivity contribution in [2.75, 3.05) is 6.26 Å². The molecule has 0 bridgehead atoms. The predicted octanol–water partition coefficient (Wildman–Crippen LogP) is 2.53. The first-order valence-electron chi connectivity index (χ1n) is 3.38. The van der Waals surface area contributed by atoms with E-state index in [1.807, 2.05) is 31.4 Å². The summed E-state index contributed by atoms with van der Waals surface area (Å²) >= 11 is 1.60. The topological polar surface area (TPSA) is 17.1 Å². The van der Waals surface area contributed by atoms with Crippen LogP contribution >= 0.6 is 11.8 Å². The van der Waals surface area contributed by atoms with Crippen molar-refractivity contribution >= 4 is 18.0 Å². The average Bonchev–Trinajstić information content (AvgIpc) is 2.04. The molecule has 58 valence electrons. The highest BCUT2D eigenvalue weighted by Crippen LogP contribution is 2.20. The van der Waals surface area contributed by atoms with Gasteiger partial charge in [-0.2, -0.15) is 0 Å². The van der Waals surface area contributed by atoms with E-state index in [4.69, 9.17) is 0 Å². The zero-order chi connectivity index (χ0) is 8.27. The number of thioether (sulfide) groups is 1. The molecule has 0 aromatic heterocycles. The number of rotatable bonds is 2. The van der Waals surface area contributed by atoms with Crippen molar-refractivity contribution in [1.29, 1.82) is 0 Å². The van der Waals surface area contributed by atoms with Crippen molar-refractivity contribution < 1.29 is 4.79 Å². The van der Waals surface area contributed by atoms with E-state index < -0.39 is 0 Å². The molecular formula is C9H10OS. The van der Waals surface area contributed by atoms with Gasteiger partial charge >= 0.3 is 0 Å². The summed E-state index contributed by atoms with van der Waals surface area (Å²) in [6, 6.07) is 5.87. The average molecular weight is 166 g/mol. The summed E-state index contributed by atoms with van der Waals surface area (Å²) in [5, 5.41) is 0. The van der Waals surface area contributed by atoms with Crippen molar-refractivity contribution in [3.63, 3.8) is 0 Å². The van der Waals surface area contributed by atoms with Crippen LogP contribution in [0.15, 0.2) is 23.1 Å². The third kappa shape index (κ3) is 1.63. The van der Waals surface area contributed by atoms with E-state index in [2.05, 4.69) is 0 Å². The fraction of sp³-hybridized carbons (Fsp3) is 0.222. The summed E-state index contributed by atoms with van der Waals surface area (Å²) in [5.74, 6) is 0. The molecule has 0 unspecified atom stereocenters. The molecule has 1 nitrogen and oxygen atoms in total. The molecule has 0 saturated heterocycles. The van der Waals surface area contributed by atoms with Crippen LogP contribution in [0.4, 0.5) is 0 Å². The van der Waals surface area contributed by atoms with Gasteiger partial charge in [-0.1, -0.05) is 12.1 Å². The molecule has 0 heterocycles. The Morgan fingerprint density at radius 3 is 2.64 bits per heavy atom. The second-order valence-corrected chi connectivity index (χ2v) is 3.16. The van der Waals surface area contributed by atoms with Gasteiger partial charge in [-0.05, 0) is 24.8 Å². The lowest BCUT2D eigenvalue weighted by Gasteiger charge is -2.02. The molecule has 0 aliphatic carbocycles. The minimum atomic E-state index is 0.819. The Bertz CT molecular complexity index is 268. The molecular weight excluding hydrogens is 156 g/mol. The zero-order valence-electron chi connectivity index (χ0n) is 6.63. The number of aldehydes is 1. The molecule has 11 heavy (non-hydrogen) atoms. The number of carbonyl (C=O) groups excluding carboxylic acids is 1. The van der Waals surface area contributed by atoms with Crippen LogP contribution in [-0.4, -0.2) is 12.5 Å². The van der Waals surface area contributed by atoms with Gasteiger partial charge in [-0.3, -0.25) is 4.79 Å². The molecule has 1 rings (SSSR count). The van der Waals surface area contributed by atoms with Crippen LogP contribution in [0.2, 0.25) is 0 Å². The molecule has 2 heteroatoms. The van der Waals surface area contributed by atoms with Gasteiger partial charge in [0.2, 0.25) is 0 Å². The van der Waals surface area contributed by atoms with Gasteiger partial charge in [-0.15, -0.1) is 11.8 Å². The maximum Gasteiger partial charge on any atom is 0.151 e. The smallest absolute Gasteiger partial charge is 0.151 e. The lowest BCUT2D eigenvalue weighted by molar-refractivity contribution is 0.112. The van der Waals surface area contributed by atoms with E-state index in [-0.39, 0.29) is 0 Å². The Kier molecular flexibility index (Phi) is 2.71. The normalized spacial score (nSPS) is 9.64. The minimum absolute atomic E-state index is 0.819. The lowest BCUT2D eigenvalue weighted by Crippen LogP contribution is -1.88. The van der Waals surface area contributed by atoms with Crippen LogP contribution in [-0.2, 0) is 0 Å². The molecule has 0 N–H and O–H groups in total. The third-order valence-electron chi connectivity index (χ3n) is 1.62. The molecule has 0 fully saturated rings. The molecule has 1 aromatic carbocycles. The Morgan fingerprint density at radius 1 is 1.45 bits per heavy atom. The Hall–Kier alpha value is -0.760. The van der Waals surface area contributed by atoms with Crippen molar-refractivity contribution in [2.45, 2.75) is 11.8 Å². The number of benzene rings is 1. The van der Waals surface area contributed by atoms with Crippen molar-refractivity contribution in [3.8, 4) is 0 Å². The van der Waals surface area contributed by atoms with Crippen LogP contribution in [0.25, 0.3) is 0 Å². The van der Waals surface area contributed by atoms with Gasteiger partial charge < -0.3 is 0 Å². The summed E-state index contributed by atoms with van der Waals surface area (Å²) in [5.41, 5.74) is 1.87. The Morgan fingerprint density at radius 2 is 2.18 bits per heavy atom. The number of hydrogen-bond acceptors (Lipinski definition) is 2. The van der Waals surface area contributed by atoms with Gasteiger partial charge in [0.15, 0.2) is 6.29 Å². The fourth-order valence-corrected chi connectivity index (χ4v) is 1.63. The van der Waals surface area contributed by atoms with Crippen molar-refractivity contribution in [2.24, 2.45) is 0 Å². The molecule has 1 aromatic rings. The van der Waals surface area contributed by atoms with E-state index in [0.717, 1.165) is 22.3 Å². The van der Waals surface area contributed by atoms with Crippen LogP contribution < -0.4 is 0 Å². The minimum Gasteiger partial charge on any atom is -0.298 e. The first kappa shape index (κ1) is 8.34. The second kappa shape index (κ2) is 3.58. The van der Waals surface area contributed by atoms with Crippen LogP contribution in [0.3, 0.4) is 0 Å². The van der Waals surface area contributed by atoms with E-state index in [9.17, 15) is 4.79 Å². The number of hydrogen-bond donors (Lipinski definition) is 0. The fourth-order valence-electron chi connectivity index (χ4n) is 0.983. The quantitative estimate of drug-likeness (QED) is 0.496. The van der Waals surface area contributed by atoms with Crippen LogP contribution in [0, 0.1) is 6.92 Å². The monoisotopic (exact) mass is 166 g/mol. The SMILES string of the molecule is CSc1cccc(C)c1C=O. The summed E-state index contributed by atoms with van der Waals surface area (Å²) < 4.78 is 0. The van der Waals surface area contributed by atoms with E-state index >= 15 is 0 Å². The largest absolute Gasteiger partial charge is 0.298 e. The second-order valence-electron chi connectivity index (χ2n) is 2.31. The summed E-state index contributed by atoms with van der Waals surface area (Å²) in [4.78, 5) is 11.6. The molecule has 0 spiro atoms. The maximum absolute atomic E-state index is 10.6. The van der Waals surface area contributed by atoms with Gasteiger partial charge in [0.05, 0.1) is 0 Å². The van der Waals surface area contributed by atoms with Gasteiger partial charge in [-0.25, -0.2) is 0 Å². The van der Waals surface area contributed by atoms with Crippen LogP contribution in [0.5, 0.6) is 0 Å². The zero-order valence-corrected chi connectivity index (χ0v) is 7.44. The molecule has 0 atom stereocenters. The highest BCUT2D eigenvalue weighted by atomic mass is 32.2. The third-order valence-corrected chi connectivity index (χ3v) is 2.42. The van der Waals surface area contributed by atoms with E-state index in [1.54, 1.807) is 11.8 Å². The Balaban J connectivity index is 3.24. The lowest BCUT2D eigenvalue weighted by atomic mass is 10.1. The number of carbonyl (C=O) groups is 1. The maximum atomic E-state index is 10.6. The Labute approximate surface area is 70.8 Å². The molecule has 0 radical (unpaired) electrons. The van der Waals surface area contributed by atoms with Gasteiger partial charge in [0.25, 0.3) is 0 Å². The number of aryl methyl sites for hydroxylation is 1. The summed E-state index contributed by atoms with van der Waals surface area (Å²) in [7, 11) is 0. The first-order valence-corrected chi connectivity index (χ1v) is 4.61. The predicted molar refractivity (Wildman–Crippen MR) is 48.3 cm³/mol. The standard InChI is InChI=1S/C9H10OS/c1-7-4-3-5-9(11-2)8(7)6-10/h3-6H,1-2H3. The summed E-state index contributed by atoms with van der Waals surface area (Å²) in [6.45, 7) is 1.95. The highest BCUT2D eigenvalue weighted by Gasteiger charge is 2.01. The van der Waals surface area contributed by atoms with Gasteiger partial charge in [0.1, 0.15) is 0 Å². The first-order chi connectivity index (χ1) is 5.29.